The molecule has 178 valence electrons. The number of thiophene rings is 1. The van der Waals surface area contributed by atoms with Gasteiger partial charge in [-0.3, -0.25) is 4.79 Å². The Hall–Kier alpha value is -3.90. The minimum absolute atomic E-state index is 0.244. The van der Waals surface area contributed by atoms with Gasteiger partial charge in [0.05, 0.1) is 6.61 Å². The smallest absolute Gasteiger partial charge is 0.341 e. The predicted octanol–water partition coefficient (Wildman–Crippen LogP) is 6.97. The Morgan fingerprint density at radius 3 is 2.17 bits per heavy atom. The fourth-order valence-electron chi connectivity index (χ4n) is 3.63. The zero-order valence-corrected chi connectivity index (χ0v) is 20.7. The van der Waals surface area contributed by atoms with E-state index in [1.165, 1.54) is 11.3 Å². The van der Waals surface area contributed by atoms with Crippen molar-refractivity contribution in [1.82, 2.24) is 0 Å². The van der Waals surface area contributed by atoms with E-state index in [0.717, 1.165) is 27.8 Å². The van der Waals surface area contributed by atoms with Gasteiger partial charge >= 0.3 is 5.97 Å². The van der Waals surface area contributed by atoms with E-state index in [2.05, 4.69) is 5.32 Å². The molecule has 1 unspecified atom stereocenters. The molecule has 5 nitrogen and oxygen atoms in total. The Balaban J connectivity index is 1.49. The first-order valence-corrected chi connectivity index (χ1v) is 12.3. The monoisotopic (exact) mass is 485 g/mol. The van der Waals surface area contributed by atoms with Crippen molar-refractivity contribution in [2.75, 3.05) is 11.9 Å². The fourth-order valence-corrected chi connectivity index (χ4v) is 4.59. The summed E-state index contributed by atoms with van der Waals surface area (Å²) in [5.74, 6) is -0.228. The van der Waals surface area contributed by atoms with Crippen molar-refractivity contribution in [3.8, 4) is 28.0 Å². The summed E-state index contributed by atoms with van der Waals surface area (Å²) in [4.78, 5) is 25.7. The van der Waals surface area contributed by atoms with Crippen molar-refractivity contribution in [3.63, 3.8) is 0 Å². The highest BCUT2D eigenvalue weighted by molar-refractivity contribution is 7.15. The minimum atomic E-state index is -0.766. The highest BCUT2D eigenvalue weighted by atomic mass is 32.1. The van der Waals surface area contributed by atoms with Crippen molar-refractivity contribution in [2.45, 2.75) is 26.9 Å². The first kappa shape index (κ1) is 24.2. The molecular weight excluding hydrogens is 458 g/mol. The molecule has 0 saturated carbocycles. The van der Waals surface area contributed by atoms with Crippen LogP contribution in [0.3, 0.4) is 0 Å². The quantitative estimate of drug-likeness (QED) is 0.274. The number of benzene rings is 3. The summed E-state index contributed by atoms with van der Waals surface area (Å²) in [6.45, 7) is 5.69. The second kappa shape index (κ2) is 11.0. The molecular formula is C29H27NO4S. The molecule has 0 fully saturated rings. The molecule has 1 heterocycles. The first-order valence-electron chi connectivity index (χ1n) is 11.4. The lowest BCUT2D eigenvalue weighted by molar-refractivity contribution is -0.122. The Morgan fingerprint density at radius 1 is 0.886 bits per heavy atom. The normalized spacial score (nSPS) is 11.5. The first-order chi connectivity index (χ1) is 17.0. The molecule has 0 radical (unpaired) electrons. The summed E-state index contributed by atoms with van der Waals surface area (Å²) in [6, 6.07) is 25.5. The third kappa shape index (κ3) is 5.78. The van der Waals surface area contributed by atoms with Gasteiger partial charge in [-0.25, -0.2) is 4.79 Å². The maximum Gasteiger partial charge on any atom is 0.341 e. The van der Waals surface area contributed by atoms with Gasteiger partial charge in [0, 0.05) is 10.9 Å². The Kier molecular flexibility index (Phi) is 7.63. The highest BCUT2D eigenvalue weighted by Crippen LogP contribution is 2.36. The van der Waals surface area contributed by atoms with Crippen LogP contribution in [-0.2, 0) is 9.53 Å². The summed E-state index contributed by atoms with van der Waals surface area (Å²) >= 11 is 1.29. The van der Waals surface area contributed by atoms with E-state index in [-0.39, 0.29) is 12.5 Å². The van der Waals surface area contributed by atoms with Crippen LogP contribution in [0.1, 0.15) is 29.8 Å². The van der Waals surface area contributed by atoms with Crippen molar-refractivity contribution < 1.29 is 19.1 Å². The van der Waals surface area contributed by atoms with E-state index < -0.39 is 12.1 Å². The third-order valence-corrected chi connectivity index (χ3v) is 6.41. The number of carbonyl (C=O) groups is 2. The largest absolute Gasteiger partial charge is 0.481 e. The fraction of sp³-hybridized carbons (Fsp3) is 0.172. The predicted molar refractivity (Wildman–Crippen MR) is 141 cm³/mol. The molecule has 1 atom stereocenters. The van der Waals surface area contributed by atoms with Gasteiger partial charge in [-0.15, -0.1) is 11.3 Å². The Morgan fingerprint density at radius 2 is 1.51 bits per heavy atom. The van der Waals surface area contributed by atoms with Gasteiger partial charge in [0.2, 0.25) is 0 Å². The number of carbonyl (C=O) groups excluding carboxylic acids is 2. The van der Waals surface area contributed by atoms with E-state index in [9.17, 15) is 9.59 Å². The summed E-state index contributed by atoms with van der Waals surface area (Å²) in [7, 11) is 0. The van der Waals surface area contributed by atoms with Crippen LogP contribution in [0.2, 0.25) is 0 Å². The van der Waals surface area contributed by atoms with Crippen LogP contribution in [0.5, 0.6) is 5.75 Å². The van der Waals surface area contributed by atoms with E-state index in [4.69, 9.17) is 9.47 Å². The summed E-state index contributed by atoms with van der Waals surface area (Å²) in [5.41, 5.74) is 5.27. The van der Waals surface area contributed by atoms with E-state index in [1.54, 1.807) is 13.8 Å². The van der Waals surface area contributed by atoms with Gasteiger partial charge in [-0.2, -0.15) is 0 Å². The SMILES string of the molecule is CCOC(=O)c1c(-c2ccc(C)cc2)csc1NC(=O)C(C)Oc1ccc(-c2ccccc2)cc1. The third-order valence-electron chi connectivity index (χ3n) is 5.51. The zero-order valence-electron chi connectivity index (χ0n) is 19.9. The van der Waals surface area contributed by atoms with Gasteiger partial charge < -0.3 is 14.8 Å². The van der Waals surface area contributed by atoms with Crippen LogP contribution in [0.4, 0.5) is 5.00 Å². The molecule has 1 N–H and O–H groups in total. The summed E-state index contributed by atoms with van der Waals surface area (Å²) in [6.07, 6.45) is -0.766. The highest BCUT2D eigenvalue weighted by Gasteiger charge is 2.25. The van der Waals surface area contributed by atoms with Gasteiger partial charge in [0.15, 0.2) is 6.10 Å². The maximum atomic E-state index is 12.9. The van der Waals surface area contributed by atoms with Crippen LogP contribution in [0.25, 0.3) is 22.3 Å². The second-order valence-electron chi connectivity index (χ2n) is 8.08. The van der Waals surface area contributed by atoms with Crippen LogP contribution in [0.15, 0.2) is 84.2 Å². The molecule has 0 saturated heterocycles. The molecule has 0 spiro atoms. The van der Waals surface area contributed by atoms with Crippen LogP contribution >= 0.6 is 11.3 Å². The molecule has 0 aliphatic heterocycles. The molecule has 1 aromatic heterocycles. The molecule has 6 heteroatoms. The van der Waals surface area contributed by atoms with Gasteiger partial charge in [0.25, 0.3) is 5.91 Å². The lowest BCUT2D eigenvalue weighted by Crippen LogP contribution is -2.30. The van der Waals surface area contributed by atoms with Crippen LogP contribution in [-0.4, -0.2) is 24.6 Å². The number of hydrogen-bond donors (Lipinski definition) is 1. The number of aryl methyl sites for hydroxylation is 1. The van der Waals surface area contributed by atoms with E-state index in [0.29, 0.717) is 16.3 Å². The van der Waals surface area contributed by atoms with Crippen molar-refractivity contribution in [2.24, 2.45) is 0 Å². The zero-order chi connectivity index (χ0) is 24.8. The topological polar surface area (TPSA) is 64.6 Å². The molecule has 3 aromatic carbocycles. The van der Waals surface area contributed by atoms with Crippen molar-refractivity contribution >= 4 is 28.2 Å². The average Bonchev–Trinajstić information content (AvgIpc) is 3.29. The van der Waals surface area contributed by atoms with Crippen molar-refractivity contribution in [3.05, 3.63) is 95.4 Å². The standard InChI is InChI=1S/C29H27NO4S/c1-4-33-29(32)26-25(23-12-10-19(2)11-13-23)18-35-28(26)30-27(31)20(3)34-24-16-14-22(15-17-24)21-8-6-5-7-9-21/h5-18,20H,4H2,1-3H3,(H,30,31). The van der Waals surface area contributed by atoms with Crippen LogP contribution < -0.4 is 10.1 Å². The molecule has 0 bridgehead atoms. The van der Waals surface area contributed by atoms with Crippen LogP contribution in [0, 0.1) is 6.92 Å². The number of rotatable bonds is 8. The second-order valence-corrected chi connectivity index (χ2v) is 8.96. The van der Waals surface area contributed by atoms with Gasteiger partial charge in [0.1, 0.15) is 16.3 Å². The minimum Gasteiger partial charge on any atom is -0.481 e. The Labute approximate surface area is 209 Å². The average molecular weight is 486 g/mol. The molecule has 4 rings (SSSR count). The lowest BCUT2D eigenvalue weighted by Gasteiger charge is -2.15. The number of hydrogen-bond acceptors (Lipinski definition) is 5. The molecule has 1 amide bonds. The summed E-state index contributed by atoms with van der Waals surface area (Å²) < 4.78 is 11.2. The van der Waals surface area contributed by atoms with E-state index >= 15 is 0 Å². The van der Waals surface area contributed by atoms with Gasteiger partial charge in [-0.05, 0) is 49.6 Å². The molecule has 0 aliphatic rings. The number of amides is 1. The molecule has 4 aromatic rings. The molecule has 35 heavy (non-hydrogen) atoms. The number of nitrogens with one attached hydrogen (secondary N) is 1. The van der Waals surface area contributed by atoms with Crippen molar-refractivity contribution in [1.29, 1.82) is 0 Å². The number of anilines is 1. The molecule has 0 aliphatic carbocycles. The van der Waals surface area contributed by atoms with Gasteiger partial charge in [-0.1, -0.05) is 72.3 Å². The number of esters is 1. The maximum absolute atomic E-state index is 12.9. The number of ether oxygens (including phenoxy) is 2. The summed E-state index contributed by atoms with van der Waals surface area (Å²) in [5, 5.41) is 5.17. The lowest BCUT2D eigenvalue weighted by atomic mass is 10.0. The van der Waals surface area contributed by atoms with E-state index in [1.807, 2.05) is 91.2 Å². The Bertz CT molecular complexity index is 1300.